The molecule has 0 rings (SSSR count). The van der Waals surface area contributed by atoms with E-state index in [1.807, 2.05) is 0 Å². The molecule has 0 spiro atoms. The summed E-state index contributed by atoms with van der Waals surface area (Å²) >= 11 is 0. The van der Waals surface area contributed by atoms with Crippen LogP contribution in [0.5, 0.6) is 0 Å². The van der Waals surface area contributed by atoms with Gasteiger partial charge in [-0.05, 0) is 120 Å². The van der Waals surface area contributed by atoms with Gasteiger partial charge in [-0.2, -0.15) is 0 Å². The lowest BCUT2D eigenvalue weighted by atomic mass is 9.71. The standard InChI is InChI=1S/C38H78N2O5/c1-4-7-8-9-10-13-28-40-29-14-21-37(19-6-3,27-33-44)34-35(45)17-25-38(39,24-16-31-42)23-12-11-20-36(18-5-2,26-32-43)22-15-30-41/h31,35,40-41,43-45H,4-30,32-34,39H2,1-3H3/t35-,36?,37?,38?/m1/s1. The van der Waals surface area contributed by atoms with E-state index in [2.05, 4.69) is 26.1 Å². The van der Waals surface area contributed by atoms with Gasteiger partial charge in [0, 0.05) is 31.8 Å². The Hall–Kier alpha value is -0.570. The Balaban J connectivity index is 5.03. The largest absolute Gasteiger partial charge is 0.396 e. The Morgan fingerprint density at radius 3 is 1.82 bits per heavy atom. The van der Waals surface area contributed by atoms with E-state index in [0.717, 1.165) is 109 Å². The molecule has 0 aliphatic carbocycles. The van der Waals surface area contributed by atoms with Crippen LogP contribution in [-0.2, 0) is 4.79 Å². The summed E-state index contributed by atoms with van der Waals surface area (Å²) in [7, 11) is 0. The summed E-state index contributed by atoms with van der Waals surface area (Å²) < 4.78 is 0. The molecule has 0 saturated carbocycles. The molecule has 0 aromatic rings. The van der Waals surface area contributed by atoms with Gasteiger partial charge in [0.15, 0.2) is 0 Å². The van der Waals surface area contributed by atoms with Crippen LogP contribution in [0.25, 0.3) is 0 Å². The molecule has 0 aromatic heterocycles. The third-order valence-corrected chi connectivity index (χ3v) is 10.5. The number of rotatable bonds is 35. The second-order valence-corrected chi connectivity index (χ2v) is 14.6. The quantitative estimate of drug-likeness (QED) is 0.0310. The van der Waals surface area contributed by atoms with E-state index >= 15 is 0 Å². The first-order valence-corrected chi connectivity index (χ1v) is 19.2. The van der Waals surface area contributed by atoms with E-state index < -0.39 is 11.6 Å². The number of hydrogen-bond donors (Lipinski definition) is 6. The zero-order valence-electron chi connectivity index (χ0n) is 30.1. The number of carbonyl (C=O) groups excluding carboxylic acids is 1. The second kappa shape index (κ2) is 28.4. The Morgan fingerprint density at radius 2 is 1.18 bits per heavy atom. The van der Waals surface area contributed by atoms with Crippen LogP contribution in [0.1, 0.15) is 181 Å². The Bertz CT molecular complexity index is 652. The van der Waals surface area contributed by atoms with Gasteiger partial charge in [0.25, 0.3) is 0 Å². The molecule has 0 heterocycles. The number of unbranched alkanes of at least 4 members (excludes halogenated alkanes) is 6. The van der Waals surface area contributed by atoms with Gasteiger partial charge in [-0.25, -0.2) is 0 Å². The highest BCUT2D eigenvalue weighted by molar-refractivity contribution is 5.49. The summed E-state index contributed by atoms with van der Waals surface area (Å²) in [6.07, 6.45) is 24.6. The molecule has 45 heavy (non-hydrogen) atoms. The average Bonchev–Trinajstić information content (AvgIpc) is 3.02. The Labute approximate surface area is 278 Å². The lowest BCUT2D eigenvalue weighted by Gasteiger charge is -2.37. The summed E-state index contributed by atoms with van der Waals surface area (Å²) in [5, 5.41) is 44.1. The van der Waals surface area contributed by atoms with Gasteiger partial charge in [-0.1, -0.05) is 78.6 Å². The van der Waals surface area contributed by atoms with Gasteiger partial charge < -0.3 is 36.3 Å². The van der Waals surface area contributed by atoms with Crippen molar-refractivity contribution < 1.29 is 25.2 Å². The molecule has 7 N–H and O–H groups in total. The zero-order valence-corrected chi connectivity index (χ0v) is 30.1. The van der Waals surface area contributed by atoms with Gasteiger partial charge >= 0.3 is 0 Å². The number of aliphatic hydroxyl groups excluding tert-OH is 4. The molecule has 7 nitrogen and oxygen atoms in total. The van der Waals surface area contributed by atoms with Crippen molar-refractivity contribution in [2.24, 2.45) is 16.6 Å². The number of carbonyl (C=O) groups is 1. The minimum Gasteiger partial charge on any atom is -0.396 e. The average molecular weight is 643 g/mol. The molecule has 3 unspecified atom stereocenters. The molecule has 0 bridgehead atoms. The maximum absolute atomic E-state index is 11.3. The van der Waals surface area contributed by atoms with Crippen molar-refractivity contribution >= 4 is 6.29 Å². The zero-order chi connectivity index (χ0) is 33.7. The van der Waals surface area contributed by atoms with Gasteiger partial charge in [0.05, 0.1) is 6.10 Å². The second-order valence-electron chi connectivity index (χ2n) is 14.6. The van der Waals surface area contributed by atoms with E-state index in [9.17, 15) is 25.2 Å². The molecule has 0 aliphatic rings. The maximum atomic E-state index is 11.3. The third-order valence-electron chi connectivity index (χ3n) is 10.5. The molecular formula is C38H78N2O5. The van der Waals surface area contributed by atoms with Crippen LogP contribution in [0, 0.1) is 10.8 Å². The van der Waals surface area contributed by atoms with E-state index in [1.165, 1.54) is 38.5 Å². The smallest absolute Gasteiger partial charge is 0.120 e. The summed E-state index contributed by atoms with van der Waals surface area (Å²) in [5.74, 6) is 0. The number of aliphatic hydroxyl groups is 4. The molecule has 0 fully saturated rings. The molecule has 7 heteroatoms. The number of nitrogens with two attached hydrogens (primary N) is 1. The summed E-state index contributed by atoms with van der Waals surface area (Å²) in [6, 6.07) is 0. The van der Waals surface area contributed by atoms with Crippen molar-refractivity contribution in [3.8, 4) is 0 Å². The van der Waals surface area contributed by atoms with Crippen LogP contribution in [0.2, 0.25) is 0 Å². The molecule has 4 atom stereocenters. The number of hydrogen-bond acceptors (Lipinski definition) is 7. The fourth-order valence-electron chi connectivity index (χ4n) is 7.92. The van der Waals surface area contributed by atoms with Crippen molar-refractivity contribution in [2.45, 2.75) is 193 Å². The van der Waals surface area contributed by atoms with E-state index in [1.54, 1.807) is 0 Å². The minimum atomic E-state index is -0.484. The predicted molar refractivity (Wildman–Crippen MR) is 190 cm³/mol. The SMILES string of the molecule is CCCCCCCCNCCCC(CCC)(CCO)C[C@H](O)CCC(N)(CCC=O)CCCCC(CCC)(CCO)CCCO. The van der Waals surface area contributed by atoms with Crippen LogP contribution < -0.4 is 11.1 Å². The first kappa shape index (κ1) is 44.4. The normalized spacial score (nSPS) is 16.6. The van der Waals surface area contributed by atoms with E-state index in [0.29, 0.717) is 32.1 Å². The highest BCUT2D eigenvalue weighted by Crippen LogP contribution is 2.41. The molecule has 0 amide bonds. The lowest BCUT2D eigenvalue weighted by molar-refractivity contribution is -0.108. The highest BCUT2D eigenvalue weighted by Gasteiger charge is 2.33. The molecule has 0 saturated heterocycles. The van der Waals surface area contributed by atoms with Crippen LogP contribution in [0.4, 0.5) is 0 Å². The van der Waals surface area contributed by atoms with E-state index in [-0.39, 0.29) is 30.7 Å². The monoisotopic (exact) mass is 643 g/mol. The van der Waals surface area contributed by atoms with Crippen LogP contribution >= 0.6 is 0 Å². The van der Waals surface area contributed by atoms with Crippen LogP contribution in [0.3, 0.4) is 0 Å². The highest BCUT2D eigenvalue weighted by atomic mass is 16.3. The molecule has 270 valence electrons. The van der Waals surface area contributed by atoms with Crippen LogP contribution in [-0.4, -0.2) is 71.3 Å². The molecular weight excluding hydrogens is 564 g/mol. The fourth-order valence-corrected chi connectivity index (χ4v) is 7.92. The minimum absolute atomic E-state index is 0.0608. The fraction of sp³-hybridized carbons (Fsp3) is 0.974. The first-order chi connectivity index (χ1) is 21.7. The maximum Gasteiger partial charge on any atom is 0.120 e. The van der Waals surface area contributed by atoms with Gasteiger partial charge in [-0.15, -0.1) is 0 Å². The van der Waals surface area contributed by atoms with Gasteiger partial charge in [0.1, 0.15) is 6.29 Å². The number of aldehydes is 1. The Kier molecular flexibility index (Phi) is 28.1. The topological polar surface area (TPSA) is 136 Å². The van der Waals surface area contributed by atoms with Crippen LogP contribution in [0.15, 0.2) is 0 Å². The Morgan fingerprint density at radius 1 is 0.600 bits per heavy atom. The van der Waals surface area contributed by atoms with Crippen molar-refractivity contribution in [2.75, 3.05) is 32.9 Å². The predicted octanol–water partition coefficient (Wildman–Crippen LogP) is 7.60. The molecule has 0 radical (unpaired) electrons. The van der Waals surface area contributed by atoms with Crippen molar-refractivity contribution in [3.05, 3.63) is 0 Å². The van der Waals surface area contributed by atoms with Crippen molar-refractivity contribution in [1.29, 1.82) is 0 Å². The van der Waals surface area contributed by atoms with E-state index in [4.69, 9.17) is 5.73 Å². The first-order valence-electron chi connectivity index (χ1n) is 19.2. The van der Waals surface area contributed by atoms with Gasteiger partial charge in [-0.3, -0.25) is 0 Å². The van der Waals surface area contributed by atoms with Gasteiger partial charge in [0.2, 0.25) is 0 Å². The summed E-state index contributed by atoms with van der Waals surface area (Å²) in [5.41, 5.74) is 6.47. The number of nitrogens with one attached hydrogen (secondary N) is 1. The lowest BCUT2D eigenvalue weighted by Crippen LogP contribution is -2.41. The third kappa shape index (κ3) is 21.8. The van der Waals surface area contributed by atoms with Crippen molar-refractivity contribution in [3.63, 3.8) is 0 Å². The molecule has 0 aliphatic heterocycles. The molecule has 0 aromatic carbocycles. The van der Waals surface area contributed by atoms with Crippen molar-refractivity contribution in [1.82, 2.24) is 5.32 Å². The summed E-state index contributed by atoms with van der Waals surface area (Å²) in [4.78, 5) is 11.3. The summed E-state index contributed by atoms with van der Waals surface area (Å²) in [6.45, 7) is 9.19.